The summed E-state index contributed by atoms with van der Waals surface area (Å²) in [6.45, 7) is 0. The minimum Gasteiger partial charge on any atom is -0.481 e. The molecule has 2 rings (SSSR count). The minimum atomic E-state index is -0.993. The molecule has 0 amide bonds. The maximum absolute atomic E-state index is 11.8. The van der Waals surface area contributed by atoms with E-state index >= 15 is 0 Å². The fraction of sp³-hybridized carbons (Fsp3) is 0.133. The average Bonchev–Trinajstić information content (AvgIpc) is 2.45. The van der Waals surface area contributed by atoms with E-state index in [1.54, 1.807) is 24.3 Å². The van der Waals surface area contributed by atoms with Gasteiger partial charge in [0, 0.05) is 17.6 Å². The number of pyridine rings is 1. The molecule has 0 saturated heterocycles. The maximum atomic E-state index is 11.8. The van der Waals surface area contributed by atoms with Crippen LogP contribution in [0.3, 0.4) is 0 Å². The Kier molecular flexibility index (Phi) is 4.48. The van der Waals surface area contributed by atoms with Crippen LogP contribution in [-0.4, -0.2) is 21.8 Å². The van der Waals surface area contributed by atoms with Crippen LogP contribution in [0.2, 0.25) is 5.02 Å². The number of carbonyl (C=O) groups excluding carboxylic acids is 1. The second-order valence-corrected chi connectivity index (χ2v) is 4.69. The Labute approximate surface area is 121 Å². The Balaban J connectivity index is 2.21. The summed E-state index contributed by atoms with van der Waals surface area (Å²) < 4.78 is 0. The van der Waals surface area contributed by atoms with Crippen molar-refractivity contribution >= 4 is 23.4 Å². The van der Waals surface area contributed by atoms with E-state index < -0.39 is 5.97 Å². The number of carbonyl (C=O) groups is 2. The molecule has 0 fully saturated rings. The molecule has 0 radical (unpaired) electrons. The number of hydrogen-bond donors (Lipinski definition) is 1. The first kappa shape index (κ1) is 14.2. The number of ketones is 1. The zero-order chi connectivity index (χ0) is 14.5. The van der Waals surface area contributed by atoms with E-state index in [2.05, 4.69) is 4.98 Å². The number of Topliss-reactive ketones (excluding diaryl/α,β-unsaturated/α-hetero) is 1. The van der Waals surface area contributed by atoms with E-state index in [0.717, 1.165) is 11.1 Å². The highest BCUT2D eigenvalue weighted by Gasteiger charge is 2.11. The lowest BCUT2D eigenvalue weighted by atomic mass is 10.0. The smallest absolute Gasteiger partial charge is 0.303 e. The van der Waals surface area contributed by atoms with Gasteiger partial charge in [0.2, 0.25) is 0 Å². The number of carboxylic acids is 1. The van der Waals surface area contributed by atoms with Crippen LogP contribution in [0, 0.1) is 0 Å². The first-order chi connectivity index (χ1) is 9.56. The molecule has 20 heavy (non-hydrogen) atoms. The molecule has 1 N–H and O–H groups in total. The quantitative estimate of drug-likeness (QED) is 0.856. The average molecular weight is 290 g/mol. The van der Waals surface area contributed by atoms with Gasteiger partial charge in [-0.05, 0) is 35.4 Å². The van der Waals surface area contributed by atoms with Crippen molar-refractivity contribution < 1.29 is 14.7 Å². The van der Waals surface area contributed by atoms with Gasteiger partial charge in [0.1, 0.15) is 5.69 Å². The third-order valence-corrected chi connectivity index (χ3v) is 3.04. The summed E-state index contributed by atoms with van der Waals surface area (Å²) in [6.07, 6.45) is 1.30. The van der Waals surface area contributed by atoms with Gasteiger partial charge in [0.25, 0.3) is 0 Å². The fourth-order valence-corrected chi connectivity index (χ4v) is 1.88. The normalized spacial score (nSPS) is 10.2. The first-order valence-electron chi connectivity index (χ1n) is 6.03. The van der Waals surface area contributed by atoms with Crippen molar-refractivity contribution in [3.63, 3.8) is 0 Å². The highest BCUT2D eigenvalue weighted by Crippen LogP contribution is 2.22. The van der Waals surface area contributed by atoms with Crippen molar-refractivity contribution in [2.45, 2.75) is 12.8 Å². The number of aromatic nitrogens is 1. The molecule has 1 aromatic heterocycles. The topological polar surface area (TPSA) is 67.3 Å². The third-order valence-electron chi connectivity index (χ3n) is 2.79. The van der Waals surface area contributed by atoms with Gasteiger partial charge in [-0.1, -0.05) is 23.7 Å². The predicted molar refractivity (Wildman–Crippen MR) is 75.9 cm³/mol. The number of nitrogens with zero attached hydrogens (tertiary/aromatic N) is 1. The van der Waals surface area contributed by atoms with Crippen LogP contribution in [0.25, 0.3) is 11.1 Å². The molecular formula is C15H12ClNO3. The third kappa shape index (κ3) is 3.65. The molecule has 0 aliphatic heterocycles. The molecule has 102 valence electrons. The largest absolute Gasteiger partial charge is 0.481 e. The van der Waals surface area contributed by atoms with Crippen LogP contribution < -0.4 is 0 Å². The molecule has 4 nitrogen and oxygen atoms in total. The summed E-state index contributed by atoms with van der Waals surface area (Å²) in [5, 5.41) is 9.22. The lowest BCUT2D eigenvalue weighted by molar-refractivity contribution is -0.136. The summed E-state index contributed by atoms with van der Waals surface area (Å²) in [5.41, 5.74) is 2.04. The molecule has 5 heteroatoms. The van der Waals surface area contributed by atoms with Gasteiger partial charge >= 0.3 is 5.97 Å². The van der Waals surface area contributed by atoms with Crippen LogP contribution >= 0.6 is 11.6 Å². The maximum Gasteiger partial charge on any atom is 0.303 e. The van der Waals surface area contributed by atoms with Crippen molar-refractivity contribution in [3.05, 3.63) is 53.3 Å². The molecule has 0 unspecified atom stereocenters. The summed E-state index contributed by atoms with van der Waals surface area (Å²) in [4.78, 5) is 26.3. The Morgan fingerprint density at radius 1 is 1.05 bits per heavy atom. The first-order valence-corrected chi connectivity index (χ1v) is 6.41. The minimum absolute atomic E-state index is 0.0492. The monoisotopic (exact) mass is 289 g/mol. The van der Waals surface area contributed by atoms with E-state index in [9.17, 15) is 9.59 Å². The lowest BCUT2D eigenvalue weighted by Gasteiger charge is -2.04. The standard InChI is InChI=1S/C15H12ClNO3/c16-12-3-1-10(2-4-12)11-7-8-17-13(9-11)14(18)5-6-15(19)20/h1-4,7-9H,5-6H2,(H,19,20). The zero-order valence-corrected chi connectivity index (χ0v) is 11.3. The molecule has 1 aromatic carbocycles. The highest BCUT2D eigenvalue weighted by atomic mass is 35.5. The van der Waals surface area contributed by atoms with Crippen molar-refractivity contribution in [1.82, 2.24) is 4.98 Å². The fourth-order valence-electron chi connectivity index (χ4n) is 1.75. The van der Waals surface area contributed by atoms with Crippen LogP contribution in [0.1, 0.15) is 23.3 Å². The van der Waals surface area contributed by atoms with Gasteiger partial charge in [0.15, 0.2) is 5.78 Å². The van der Waals surface area contributed by atoms with Crippen molar-refractivity contribution in [2.24, 2.45) is 0 Å². The predicted octanol–water partition coefficient (Wildman–Crippen LogP) is 3.45. The van der Waals surface area contributed by atoms with Gasteiger partial charge in [-0.2, -0.15) is 0 Å². The Hall–Kier alpha value is -2.20. The molecule has 0 aliphatic rings. The number of hydrogen-bond acceptors (Lipinski definition) is 3. The van der Waals surface area contributed by atoms with E-state index in [4.69, 9.17) is 16.7 Å². The van der Waals surface area contributed by atoms with Crippen molar-refractivity contribution in [2.75, 3.05) is 0 Å². The van der Waals surface area contributed by atoms with Gasteiger partial charge in [-0.3, -0.25) is 14.6 Å². The van der Waals surface area contributed by atoms with E-state index in [-0.39, 0.29) is 24.3 Å². The zero-order valence-electron chi connectivity index (χ0n) is 10.5. The number of carboxylic acid groups (broad SMARTS) is 1. The van der Waals surface area contributed by atoms with Crippen molar-refractivity contribution in [1.29, 1.82) is 0 Å². The van der Waals surface area contributed by atoms with Gasteiger partial charge in [-0.25, -0.2) is 0 Å². The number of benzene rings is 1. The van der Waals surface area contributed by atoms with Crippen LogP contribution in [-0.2, 0) is 4.79 Å². The second-order valence-electron chi connectivity index (χ2n) is 4.25. The highest BCUT2D eigenvalue weighted by molar-refractivity contribution is 6.30. The Morgan fingerprint density at radius 3 is 2.40 bits per heavy atom. The van der Waals surface area contributed by atoms with Crippen LogP contribution in [0.4, 0.5) is 0 Å². The van der Waals surface area contributed by atoms with E-state index in [1.807, 2.05) is 12.1 Å². The summed E-state index contributed by atoms with van der Waals surface area (Å²) in [5.74, 6) is -1.27. The van der Waals surface area contributed by atoms with Crippen LogP contribution in [0.5, 0.6) is 0 Å². The van der Waals surface area contributed by atoms with E-state index in [0.29, 0.717) is 5.02 Å². The molecule has 0 atom stereocenters. The van der Waals surface area contributed by atoms with Gasteiger partial charge < -0.3 is 5.11 Å². The summed E-state index contributed by atoms with van der Waals surface area (Å²) in [7, 11) is 0. The summed E-state index contributed by atoms with van der Waals surface area (Å²) >= 11 is 5.83. The number of halogens is 1. The van der Waals surface area contributed by atoms with Gasteiger partial charge in [-0.15, -0.1) is 0 Å². The lowest BCUT2D eigenvalue weighted by Crippen LogP contribution is -2.05. The molecule has 0 bridgehead atoms. The molecule has 0 saturated carbocycles. The van der Waals surface area contributed by atoms with Crippen LogP contribution in [0.15, 0.2) is 42.6 Å². The molecule has 1 heterocycles. The molecular weight excluding hydrogens is 278 g/mol. The van der Waals surface area contributed by atoms with Crippen molar-refractivity contribution in [3.8, 4) is 11.1 Å². The van der Waals surface area contributed by atoms with E-state index in [1.165, 1.54) is 6.20 Å². The molecule has 2 aromatic rings. The Bertz CT molecular complexity index is 638. The molecule has 0 aliphatic carbocycles. The number of aliphatic carboxylic acids is 1. The summed E-state index contributed by atoms with van der Waals surface area (Å²) in [6, 6.07) is 10.7. The SMILES string of the molecule is O=C(O)CCC(=O)c1cc(-c2ccc(Cl)cc2)ccn1. The van der Waals surface area contributed by atoms with Gasteiger partial charge in [0.05, 0.1) is 6.42 Å². The number of rotatable bonds is 5. The second kappa shape index (κ2) is 6.30. The molecule has 0 spiro atoms. The Morgan fingerprint density at radius 2 is 1.75 bits per heavy atom.